The average Bonchev–Trinajstić information content (AvgIpc) is 2.58. The number of carbonyl (C=O) groups excluding carboxylic acids is 2. The molecule has 1 saturated heterocycles. The summed E-state index contributed by atoms with van der Waals surface area (Å²) in [5.41, 5.74) is 0.872. The van der Waals surface area contributed by atoms with Gasteiger partial charge in [0.2, 0.25) is 11.8 Å². The molecule has 1 unspecified atom stereocenters. The standard InChI is InChI=1S/C19H27FN2O2/c1-3-4-11-21(2)19(24)16-8-9-18(23)22(14-16)12-10-15-6-5-7-17(20)13-15/h5-7,13,16H,3-4,8-12,14H2,1-2H3. The maximum absolute atomic E-state index is 13.2. The lowest BCUT2D eigenvalue weighted by Gasteiger charge is -2.34. The Morgan fingerprint density at radius 2 is 2.21 bits per heavy atom. The molecule has 2 amide bonds. The molecule has 0 radical (unpaired) electrons. The second-order valence-electron chi connectivity index (χ2n) is 6.57. The van der Waals surface area contributed by atoms with Crippen LogP contribution in [-0.2, 0) is 16.0 Å². The van der Waals surface area contributed by atoms with Crippen molar-refractivity contribution in [2.24, 2.45) is 5.92 Å². The molecule has 4 nitrogen and oxygen atoms in total. The van der Waals surface area contributed by atoms with Crippen molar-refractivity contribution in [1.82, 2.24) is 9.80 Å². The van der Waals surface area contributed by atoms with Crippen molar-refractivity contribution in [3.05, 3.63) is 35.6 Å². The number of amides is 2. The summed E-state index contributed by atoms with van der Waals surface area (Å²) in [6, 6.07) is 6.45. The summed E-state index contributed by atoms with van der Waals surface area (Å²) in [7, 11) is 1.84. The molecule has 0 bridgehead atoms. The van der Waals surface area contributed by atoms with Crippen LogP contribution in [-0.4, -0.2) is 48.3 Å². The predicted molar refractivity (Wildman–Crippen MR) is 92.0 cm³/mol. The molecule has 1 aromatic rings. The van der Waals surface area contributed by atoms with Gasteiger partial charge in [-0.05, 0) is 37.0 Å². The number of likely N-dealkylation sites (tertiary alicyclic amines) is 1. The van der Waals surface area contributed by atoms with Crippen molar-refractivity contribution < 1.29 is 14.0 Å². The summed E-state index contributed by atoms with van der Waals surface area (Å²) in [5, 5.41) is 0. The second-order valence-corrected chi connectivity index (χ2v) is 6.57. The molecular weight excluding hydrogens is 307 g/mol. The minimum atomic E-state index is -0.261. The van der Waals surface area contributed by atoms with E-state index in [1.54, 1.807) is 15.9 Å². The topological polar surface area (TPSA) is 40.6 Å². The van der Waals surface area contributed by atoms with Crippen molar-refractivity contribution in [3.63, 3.8) is 0 Å². The first-order chi connectivity index (χ1) is 11.5. The number of carbonyl (C=O) groups is 2. The van der Waals surface area contributed by atoms with Gasteiger partial charge in [-0.3, -0.25) is 9.59 Å². The van der Waals surface area contributed by atoms with Crippen LogP contribution in [0.2, 0.25) is 0 Å². The lowest BCUT2D eigenvalue weighted by molar-refractivity contribution is -0.142. The zero-order valence-corrected chi connectivity index (χ0v) is 14.6. The first-order valence-electron chi connectivity index (χ1n) is 8.78. The number of benzene rings is 1. The lowest BCUT2D eigenvalue weighted by atomic mass is 9.95. The maximum Gasteiger partial charge on any atom is 0.227 e. The molecule has 1 fully saturated rings. The molecule has 1 heterocycles. The third-order valence-electron chi connectivity index (χ3n) is 4.63. The Labute approximate surface area is 143 Å². The van der Waals surface area contributed by atoms with Crippen molar-refractivity contribution in [2.75, 3.05) is 26.7 Å². The molecule has 0 aromatic heterocycles. The van der Waals surface area contributed by atoms with Crippen molar-refractivity contribution in [2.45, 2.75) is 39.0 Å². The smallest absolute Gasteiger partial charge is 0.227 e. The Morgan fingerprint density at radius 1 is 1.42 bits per heavy atom. The summed E-state index contributed by atoms with van der Waals surface area (Å²) in [6.07, 6.45) is 3.71. The number of hydrogen-bond donors (Lipinski definition) is 0. The van der Waals surface area contributed by atoms with Gasteiger partial charge in [-0.15, -0.1) is 0 Å². The molecule has 2 rings (SSSR count). The summed E-state index contributed by atoms with van der Waals surface area (Å²) in [4.78, 5) is 28.2. The highest BCUT2D eigenvalue weighted by molar-refractivity contribution is 5.83. The fourth-order valence-corrected chi connectivity index (χ4v) is 3.11. The Hall–Kier alpha value is -1.91. The van der Waals surface area contributed by atoms with Crippen LogP contribution in [0.25, 0.3) is 0 Å². The highest BCUT2D eigenvalue weighted by Gasteiger charge is 2.31. The lowest BCUT2D eigenvalue weighted by Crippen LogP contribution is -2.46. The predicted octanol–water partition coefficient (Wildman–Crippen LogP) is 2.87. The average molecular weight is 334 g/mol. The number of unbranched alkanes of at least 4 members (excludes halogenated alkanes) is 1. The van der Waals surface area contributed by atoms with Gasteiger partial charge in [0.25, 0.3) is 0 Å². The van der Waals surface area contributed by atoms with E-state index in [9.17, 15) is 14.0 Å². The van der Waals surface area contributed by atoms with Gasteiger partial charge >= 0.3 is 0 Å². The molecule has 1 aliphatic rings. The Bertz CT molecular complexity index is 576. The third kappa shape index (κ3) is 5.05. The first-order valence-corrected chi connectivity index (χ1v) is 8.78. The maximum atomic E-state index is 13.2. The van der Waals surface area contributed by atoms with E-state index < -0.39 is 0 Å². The zero-order chi connectivity index (χ0) is 17.5. The van der Waals surface area contributed by atoms with Crippen molar-refractivity contribution >= 4 is 11.8 Å². The quantitative estimate of drug-likeness (QED) is 0.769. The highest BCUT2D eigenvalue weighted by atomic mass is 19.1. The van der Waals surface area contributed by atoms with Gasteiger partial charge in [-0.25, -0.2) is 4.39 Å². The van der Waals surface area contributed by atoms with E-state index in [1.165, 1.54) is 12.1 Å². The van der Waals surface area contributed by atoms with Gasteiger partial charge in [0, 0.05) is 33.1 Å². The molecule has 1 aliphatic heterocycles. The fraction of sp³-hybridized carbons (Fsp3) is 0.579. The fourth-order valence-electron chi connectivity index (χ4n) is 3.11. The van der Waals surface area contributed by atoms with Gasteiger partial charge in [-0.2, -0.15) is 0 Å². The molecule has 0 saturated carbocycles. The summed E-state index contributed by atoms with van der Waals surface area (Å²) in [6.45, 7) is 3.88. The largest absolute Gasteiger partial charge is 0.345 e. The van der Waals surface area contributed by atoms with Crippen molar-refractivity contribution in [3.8, 4) is 0 Å². The SMILES string of the molecule is CCCCN(C)C(=O)C1CCC(=O)N(CCc2cccc(F)c2)C1. The van der Waals surface area contributed by atoms with E-state index in [4.69, 9.17) is 0 Å². The van der Waals surface area contributed by atoms with E-state index in [1.807, 2.05) is 13.1 Å². The molecule has 24 heavy (non-hydrogen) atoms. The second kappa shape index (κ2) is 8.81. The zero-order valence-electron chi connectivity index (χ0n) is 14.6. The summed E-state index contributed by atoms with van der Waals surface area (Å²) < 4.78 is 13.2. The van der Waals surface area contributed by atoms with E-state index in [0.29, 0.717) is 32.4 Å². The Balaban J connectivity index is 1.90. The molecule has 1 atom stereocenters. The van der Waals surface area contributed by atoms with Crippen LogP contribution in [0.1, 0.15) is 38.2 Å². The highest BCUT2D eigenvalue weighted by Crippen LogP contribution is 2.20. The molecule has 132 valence electrons. The van der Waals surface area contributed by atoms with E-state index >= 15 is 0 Å². The number of nitrogens with zero attached hydrogens (tertiary/aromatic N) is 2. The molecule has 0 spiro atoms. The van der Waals surface area contributed by atoms with Crippen LogP contribution in [0, 0.1) is 11.7 Å². The van der Waals surface area contributed by atoms with Crippen molar-refractivity contribution in [1.29, 1.82) is 0 Å². The first kappa shape index (κ1) is 18.4. The van der Waals surface area contributed by atoms with Crippen LogP contribution < -0.4 is 0 Å². The number of hydrogen-bond acceptors (Lipinski definition) is 2. The molecule has 5 heteroatoms. The molecule has 1 aromatic carbocycles. The minimum Gasteiger partial charge on any atom is -0.345 e. The van der Waals surface area contributed by atoms with Gasteiger partial charge in [0.15, 0.2) is 0 Å². The monoisotopic (exact) mass is 334 g/mol. The van der Waals surface area contributed by atoms with Crippen LogP contribution in [0.5, 0.6) is 0 Å². The number of rotatable bonds is 7. The Morgan fingerprint density at radius 3 is 2.92 bits per heavy atom. The minimum absolute atomic E-state index is 0.0895. The third-order valence-corrected chi connectivity index (χ3v) is 4.63. The Kier molecular flexibility index (Phi) is 6.76. The normalized spacial score (nSPS) is 17.9. The van der Waals surface area contributed by atoms with Gasteiger partial charge in [-0.1, -0.05) is 25.5 Å². The van der Waals surface area contributed by atoms with Crippen LogP contribution in [0.4, 0.5) is 4.39 Å². The van der Waals surface area contributed by atoms with Gasteiger partial charge in [0.1, 0.15) is 5.82 Å². The van der Waals surface area contributed by atoms with Gasteiger partial charge in [0.05, 0.1) is 5.92 Å². The van der Waals surface area contributed by atoms with Crippen LogP contribution in [0.15, 0.2) is 24.3 Å². The molecular formula is C19H27FN2O2. The molecule has 0 N–H and O–H groups in total. The van der Waals surface area contributed by atoms with Gasteiger partial charge < -0.3 is 9.80 Å². The van der Waals surface area contributed by atoms with E-state index in [0.717, 1.165) is 24.9 Å². The van der Waals surface area contributed by atoms with E-state index in [2.05, 4.69) is 6.92 Å². The van der Waals surface area contributed by atoms with Crippen LogP contribution in [0.3, 0.4) is 0 Å². The van der Waals surface area contributed by atoms with Crippen LogP contribution >= 0.6 is 0 Å². The number of halogens is 1. The van der Waals surface area contributed by atoms with E-state index in [-0.39, 0.29) is 23.5 Å². The molecule has 0 aliphatic carbocycles. The number of piperidine rings is 1. The summed E-state index contributed by atoms with van der Waals surface area (Å²) in [5.74, 6) is -0.154. The summed E-state index contributed by atoms with van der Waals surface area (Å²) >= 11 is 0.